The Hall–Kier alpha value is -4.08. The molecule has 0 aliphatic rings. The minimum atomic E-state index is -0.432. The molecule has 3 N–H and O–H groups in total. The van der Waals surface area contributed by atoms with E-state index in [9.17, 15) is 14.4 Å². The van der Waals surface area contributed by atoms with Crippen molar-refractivity contribution >= 4 is 40.6 Å². The molecule has 2 heterocycles. The van der Waals surface area contributed by atoms with Crippen LogP contribution in [0.4, 0.5) is 16.3 Å². The molecule has 0 fully saturated rings. The number of nitrogens with zero attached hydrogens (tertiary/aromatic N) is 3. The summed E-state index contributed by atoms with van der Waals surface area (Å²) in [6, 6.07) is 10.1. The lowest BCUT2D eigenvalue weighted by atomic mass is 10.1. The van der Waals surface area contributed by atoms with Crippen molar-refractivity contribution in [3.8, 4) is 11.3 Å². The van der Waals surface area contributed by atoms with Gasteiger partial charge in [0.2, 0.25) is 5.91 Å². The largest absolute Gasteiger partial charge is 0.469 e. The van der Waals surface area contributed by atoms with Crippen LogP contribution in [0.1, 0.15) is 19.8 Å². The molecule has 0 aliphatic carbocycles. The summed E-state index contributed by atoms with van der Waals surface area (Å²) in [5, 5.41) is 8.00. The van der Waals surface area contributed by atoms with Crippen LogP contribution in [-0.2, 0) is 14.3 Å². The molecule has 0 radical (unpaired) electrons. The molecule has 0 saturated carbocycles. The molecule has 1 aromatic carbocycles. The van der Waals surface area contributed by atoms with Crippen molar-refractivity contribution in [2.24, 2.45) is 0 Å². The number of hydrogen-bond donors (Lipinski definition) is 3. The van der Waals surface area contributed by atoms with Gasteiger partial charge in [0.15, 0.2) is 5.65 Å². The molecule has 160 valence electrons. The molecular weight excluding hydrogens is 400 g/mol. The third-order valence-electron chi connectivity index (χ3n) is 4.23. The molecule has 10 heteroatoms. The van der Waals surface area contributed by atoms with Crippen LogP contribution in [0, 0.1) is 0 Å². The number of benzene rings is 1. The summed E-state index contributed by atoms with van der Waals surface area (Å²) in [7, 11) is 1.28. The maximum absolute atomic E-state index is 11.9. The molecule has 0 spiro atoms. The third kappa shape index (κ3) is 5.95. The maximum Gasteiger partial charge on any atom is 0.320 e. The van der Waals surface area contributed by atoms with Gasteiger partial charge >= 0.3 is 12.0 Å². The summed E-state index contributed by atoms with van der Waals surface area (Å²) in [5.41, 5.74) is 2.97. The molecule has 3 rings (SSSR count). The lowest BCUT2D eigenvalue weighted by molar-refractivity contribution is -0.141. The predicted molar refractivity (Wildman–Crippen MR) is 115 cm³/mol. The summed E-state index contributed by atoms with van der Waals surface area (Å²) >= 11 is 0. The maximum atomic E-state index is 11.9. The van der Waals surface area contributed by atoms with Gasteiger partial charge < -0.3 is 15.4 Å². The highest BCUT2D eigenvalue weighted by Gasteiger charge is 2.09. The highest BCUT2D eigenvalue weighted by atomic mass is 16.5. The van der Waals surface area contributed by atoms with Crippen molar-refractivity contribution in [2.45, 2.75) is 19.8 Å². The average molecular weight is 422 g/mol. The fourth-order valence-corrected chi connectivity index (χ4v) is 2.69. The second kappa shape index (κ2) is 10.1. The molecule has 10 nitrogen and oxygen atoms in total. The summed E-state index contributed by atoms with van der Waals surface area (Å²) < 4.78 is 4.52. The molecule has 0 atom stereocenters. The minimum Gasteiger partial charge on any atom is -0.469 e. The SMILES string of the molecule is CCNC(=O)Nc1ccc2ncc(-c3ccc(NC(=O)CCC(=O)OC)cc3)nc2n1. The van der Waals surface area contributed by atoms with E-state index in [1.807, 2.05) is 6.92 Å². The number of aromatic nitrogens is 3. The summed E-state index contributed by atoms with van der Waals surface area (Å²) in [4.78, 5) is 47.9. The zero-order valence-corrected chi connectivity index (χ0v) is 17.1. The molecule has 0 unspecified atom stereocenters. The molecule has 2 aromatic heterocycles. The van der Waals surface area contributed by atoms with E-state index in [0.717, 1.165) is 5.56 Å². The van der Waals surface area contributed by atoms with Crippen LogP contribution < -0.4 is 16.0 Å². The van der Waals surface area contributed by atoms with E-state index in [0.29, 0.717) is 34.9 Å². The number of carbonyl (C=O) groups excluding carboxylic acids is 3. The van der Waals surface area contributed by atoms with E-state index in [1.54, 1.807) is 42.6 Å². The number of urea groups is 1. The van der Waals surface area contributed by atoms with Crippen LogP contribution in [-0.4, -0.2) is 46.5 Å². The van der Waals surface area contributed by atoms with Crippen LogP contribution in [0.15, 0.2) is 42.6 Å². The second-order valence-electron chi connectivity index (χ2n) is 6.48. The van der Waals surface area contributed by atoms with Gasteiger partial charge in [-0.05, 0) is 31.2 Å². The molecular formula is C21H22N6O4. The first-order chi connectivity index (χ1) is 15.0. The van der Waals surface area contributed by atoms with Gasteiger partial charge in [0.1, 0.15) is 11.3 Å². The minimum absolute atomic E-state index is 0.0248. The van der Waals surface area contributed by atoms with E-state index in [1.165, 1.54) is 7.11 Å². The Morgan fingerprint density at radius 2 is 1.74 bits per heavy atom. The number of methoxy groups -OCH3 is 1. The Bertz CT molecular complexity index is 1100. The predicted octanol–water partition coefficient (Wildman–Crippen LogP) is 2.72. The monoisotopic (exact) mass is 422 g/mol. The number of hydrogen-bond acceptors (Lipinski definition) is 7. The van der Waals surface area contributed by atoms with E-state index in [2.05, 4.69) is 35.6 Å². The fraction of sp³-hybridized carbons (Fsp3) is 0.238. The van der Waals surface area contributed by atoms with Crippen molar-refractivity contribution < 1.29 is 19.1 Å². The Labute approximate surface area is 178 Å². The first-order valence-corrected chi connectivity index (χ1v) is 9.64. The quantitative estimate of drug-likeness (QED) is 0.498. The number of ether oxygens (including phenoxy) is 1. The van der Waals surface area contributed by atoms with Crippen molar-refractivity contribution in [3.05, 3.63) is 42.6 Å². The lowest BCUT2D eigenvalue weighted by Crippen LogP contribution is -2.28. The molecule has 3 amide bonds. The summed E-state index contributed by atoms with van der Waals surface area (Å²) in [6.45, 7) is 2.33. The second-order valence-corrected chi connectivity index (χ2v) is 6.48. The molecule has 31 heavy (non-hydrogen) atoms. The third-order valence-corrected chi connectivity index (χ3v) is 4.23. The van der Waals surface area contributed by atoms with E-state index in [4.69, 9.17) is 0 Å². The van der Waals surface area contributed by atoms with Crippen LogP contribution in [0.2, 0.25) is 0 Å². The van der Waals surface area contributed by atoms with E-state index in [-0.39, 0.29) is 24.8 Å². The fourth-order valence-electron chi connectivity index (χ4n) is 2.69. The van der Waals surface area contributed by atoms with Gasteiger partial charge in [-0.15, -0.1) is 0 Å². The highest BCUT2D eigenvalue weighted by Crippen LogP contribution is 2.21. The van der Waals surface area contributed by atoms with Crippen molar-refractivity contribution in [1.29, 1.82) is 0 Å². The number of pyridine rings is 1. The van der Waals surface area contributed by atoms with Gasteiger partial charge in [-0.2, -0.15) is 0 Å². The summed E-state index contributed by atoms with van der Waals surface area (Å²) in [5.74, 6) is -0.340. The Morgan fingerprint density at radius 1 is 0.968 bits per heavy atom. The van der Waals surface area contributed by atoms with Gasteiger partial charge in [-0.1, -0.05) is 12.1 Å². The van der Waals surface area contributed by atoms with Gasteiger partial charge in [-0.3, -0.25) is 19.9 Å². The first-order valence-electron chi connectivity index (χ1n) is 9.64. The number of anilines is 2. The lowest BCUT2D eigenvalue weighted by Gasteiger charge is -2.08. The van der Waals surface area contributed by atoms with Crippen molar-refractivity contribution in [3.63, 3.8) is 0 Å². The number of fused-ring (bicyclic) bond motifs is 1. The van der Waals surface area contributed by atoms with Gasteiger partial charge in [0.25, 0.3) is 0 Å². The molecule has 0 aliphatic heterocycles. The average Bonchev–Trinajstić information content (AvgIpc) is 2.77. The molecule has 3 aromatic rings. The number of carbonyl (C=O) groups is 3. The highest BCUT2D eigenvalue weighted by molar-refractivity contribution is 5.93. The smallest absolute Gasteiger partial charge is 0.320 e. The van der Waals surface area contributed by atoms with Crippen LogP contribution >= 0.6 is 0 Å². The molecule has 0 saturated heterocycles. The zero-order chi connectivity index (χ0) is 22.2. The number of amides is 3. The Kier molecular flexibility index (Phi) is 7.05. The number of esters is 1. The van der Waals surface area contributed by atoms with Gasteiger partial charge in [0.05, 0.1) is 25.4 Å². The van der Waals surface area contributed by atoms with E-state index >= 15 is 0 Å². The van der Waals surface area contributed by atoms with E-state index < -0.39 is 5.97 Å². The number of nitrogens with one attached hydrogen (secondary N) is 3. The Balaban J connectivity index is 1.71. The summed E-state index contributed by atoms with van der Waals surface area (Å²) in [6.07, 6.45) is 1.70. The van der Waals surface area contributed by atoms with Crippen molar-refractivity contribution in [2.75, 3.05) is 24.3 Å². The first kappa shape index (κ1) is 21.6. The van der Waals surface area contributed by atoms with Crippen LogP contribution in [0.3, 0.4) is 0 Å². The normalized spacial score (nSPS) is 10.4. The standard InChI is InChI=1S/C21H22N6O4/c1-3-22-21(30)27-17-9-8-15-20(26-17)25-16(12-23-15)13-4-6-14(7-5-13)24-18(28)10-11-19(29)31-2/h4-9,12H,3,10-11H2,1-2H3,(H,24,28)(H2,22,25,26,27,30). The van der Waals surface area contributed by atoms with Crippen LogP contribution in [0.5, 0.6) is 0 Å². The Morgan fingerprint density at radius 3 is 2.45 bits per heavy atom. The van der Waals surface area contributed by atoms with Crippen molar-refractivity contribution in [1.82, 2.24) is 20.3 Å². The van der Waals surface area contributed by atoms with Gasteiger partial charge in [0, 0.05) is 24.2 Å². The van der Waals surface area contributed by atoms with Gasteiger partial charge in [-0.25, -0.2) is 14.8 Å². The van der Waals surface area contributed by atoms with Crippen LogP contribution in [0.25, 0.3) is 22.4 Å². The zero-order valence-electron chi connectivity index (χ0n) is 17.1. The number of rotatable bonds is 7. The molecule has 0 bridgehead atoms. The topological polar surface area (TPSA) is 135 Å².